The molecule has 1 aromatic heterocycles. The van der Waals surface area contributed by atoms with Crippen LogP contribution in [0.25, 0.3) is 0 Å². The van der Waals surface area contributed by atoms with Crippen molar-refractivity contribution >= 4 is 5.97 Å². The number of ether oxygens (including phenoxy) is 2. The van der Waals surface area contributed by atoms with E-state index in [-0.39, 0.29) is 23.2 Å². The Hall–Kier alpha value is -1.42. The molecule has 1 aromatic rings. The minimum atomic E-state index is -0.331. The van der Waals surface area contributed by atoms with Gasteiger partial charge < -0.3 is 9.47 Å². The number of carbonyl (C=O) groups excluding carboxylic acids is 1. The molecule has 98 valence electrons. The highest BCUT2D eigenvalue weighted by atomic mass is 16.5. The van der Waals surface area contributed by atoms with Gasteiger partial charge in [-0.05, 0) is 18.1 Å². The zero-order valence-electron chi connectivity index (χ0n) is 11.1. The Kier molecular flexibility index (Phi) is 3.66. The van der Waals surface area contributed by atoms with Crippen LogP contribution in [-0.2, 0) is 19.7 Å². The Bertz CT molecular complexity index is 412. The van der Waals surface area contributed by atoms with Gasteiger partial charge in [-0.2, -0.15) is 0 Å². The quantitative estimate of drug-likeness (QED) is 0.763. The highest BCUT2D eigenvalue weighted by Crippen LogP contribution is 2.42. The largest absolute Gasteiger partial charge is 0.469 e. The molecule has 4 nitrogen and oxygen atoms in total. The topological polar surface area (TPSA) is 48.4 Å². The molecule has 2 rings (SSSR count). The zero-order valence-corrected chi connectivity index (χ0v) is 11.1. The molecular weight excluding hydrogens is 230 g/mol. The SMILES string of the molecule is COC(=O)C(C(C)C)C1(c2ccccn2)COC1. The minimum absolute atomic E-state index is 0.182. The van der Waals surface area contributed by atoms with Crippen molar-refractivity contribution in [2.24, 2.45) is 11.8 Å². The summed E-state index contributed by atoms with van der Waals surface area (Å²) in [6.07, 6.45) is 1.75. The van der Waals surface area contributed by atoms with Crippen molar-refractivity contribution in [3.8, 4) is 0 Å². The van der Waals surface area contributed by atoms with Crippen LogP contribution < -0.4 is 0 Å². The van der Waals surface area contributed by atoms with Crippen molar-refractivity contribution < 1.29 is 14.3 Å². The Morgan fingerprint density at radius 1 is 1.44 bits per heavy atom. The van der Waals surface area contributed by atoms with Gasteiger partial charge in [-0.15, -0.1) is 0 Å². The van der Waals surface area contributed by atoms with Crippen molar-refractivity contribution in [1.82, 2.24) is 4.98 Å². The molecule has 0 bridgehead atoms. The predicted molar refractivity (Wildman–Crippen MR) is 67.1 cm³/mol. The van der Waals surface area contributed by atoms with Crippen LogP contribution in [0.1, 0.15) is 19.5 Å². The van der Waals surface area contributed by atoms with E-state index in [1.54, 1.807) is 6.20 Å². The number of esters is 1. The van der Waals surface area contributed by atoms with E-state index in [0.29, 0.717) is 13.2 Å². The molecule has 1 saturated heterocycles. The summed E-state index contributed by atoms with van der Waals surface area (Å²) in [6, 6.07) is 5.77. The van der Waals surface area contributed by atoms with Crippen molar-refractivity contribution in [3.05, 3.63) is 30.1 Å². The van der Waals surface area contributed by atoms with Crippen LogP contribution in [-0.4, -0.2) is 31.3 Å². The lowest BCUT2D eigenvalue weighted by molar-refractivity contribution is -0.165. The van der Waals surface area contributed by atoms with Crippen LogP contribution in [0, 0.1) is 11.8 Å². The van der Waals surface area contributed by atoms with Gasteiger partial charge in [0.05, 0.1) is 37.4 Å². The van der Waals surface area contributed by atoms with E-state index in [1.165, 1.54) is 7.11 Å². The maximum atomic E-state index is 12.1. The van der Waals surface area contributed by atoms with Crippen LogP contribution in [0.3, 0.4) is 0 Å². The molecule has 0 spiro atoms. The number of pyridine rings is 1. The van der Waals surface area contributed by atoms with Crippen LogP contribution in [0.2, 0.25) is 0 Å². The fraction of sp³-hybridized carbons (Fsp3) is 0.571. The fourth-order valence-corrected chi connectivity index (χ4v) is 2.73. The van der Waals surface area contributed by atoms with Crippen LogP contribution >= 0.6 is 0 Å². The number of nitrogens with zero attached hydrogens (tertiary/aromatic N) is 1. The van der Waals surface area contributed by atoms with E-state index in [2.05, 4.69) is 4.98 Å². The summed E-state index contributed by atoms with van der Waals surface area (Å²) in [5.41, 5.74) is 0.586. The van der Waals surface area contributed by atoms with Gasteiger partial charge >= 0.3 is 5.97 Å². The Balaban J connectivity index is 2.39. The van der Waals surface area contributed by atoms with Gasteiger partial charge in [-0.25, -0.2) is 0 Å². The van der Waals surface area contributed by atoms with Crippen molar-refractivity contribution in [1.29, 1.82) is 0 Å². The van der Waals surface area contributed by atoms with Gasteiger partial charge in [0.25, 0.3) is 0 Å². The number of rotatable bonds is 4. The summed E-state index contributed by atoms with van der Waals surface area (Å²) in [7, 11) is 1.43. The number of hydrogen-bond acceptors (Lipinski definition) is 4. The number of carbonyl (C=O) groups is 1. The third-order valence-electron chi connectivity index (χ3n) is 3.61. The predicted octanol–water partition coefficient (Wildman–Crippen LogP) is 1.79. The van der Waals surface area contributed by atoms with Gasteiger partial charge in [-0.1, -0.05) is 19.9 Å². The summed E-state index contributed by atoms with van der Waals surface area (Å²) >= 11 is 0. The van der Waals surface area contributed by atoms with Crippen LogP contribution in [0.4, 0.5) is 0 Å². The van der Waals surface area contributed by atoms with Gasteiger partial charge in [0.2, 0.25) is 0 Å². The minimum Gasteiger partial charge on any atom is -0.469 e. The van der Waals surface area contributed by atoms with Crippen LogP contribution in [0.15, 0.2) is 24.4 Å². The molecule has 2 heterocycles. The van der Waals surface area contributed by atoms with E-state index in [1.807, 2.05) is 32.0 Å². The molecule has 1 unspecified atom stereocenters. The van der Waals surface area contributed by atoms with Gasteiger partial charge in [0.15, 0.2) is 0 Å². The average molecular weight is 249 g/mol. The van der Waals surface area contributed by atoms with E-state index in [0.717, 1.165) is 5.69 Å². The smallest absolute Gasteiger partial charge is 0.310 e. The first-order valence-corrected chi connectivity index (χ1v) is 6.19. The second kappa shape index (κ2) is 5.06. The maximum Gasteiger partial charge on any atom is 0.310 e. The third-order valence-corrected chi connectivity index (χ3v) is 3.61. The normalized spacial score (nSPS) is 19.1. The Morgan fingerprint density at radius 2 is 2.17 bits per heavy atom. The first kappa shape index (κ1) is 13.0. The standard InChI is InChI=1S/C14H19NO3/c1-10(2)12(13(16)17-3)14(8-18-9-14)11-6-4-5-7-15-11/h4-7,10,12H,8-9H2,1-3H3. The number of hydrogen-bond donors (Lipinski definition) is 0. The van der Waals surface area contributed by atoms with Gasteiger partial charge in [0.1, 0.15) is 0 Å². The third kappa shape index (κ3) is 2.01. The first-order chi connectivity index (χ1) is 8.62. The monoisotopic (exact) mass is 249 g/mol. The molecule has 1 aliphatic rings. The summed E-state index contributed by atoms with van der Waals surface area (Å²) in [4.78, 5) is 16.5. The number of aromatic nitrogens is 1. The molecule has 1 atom stereocenters. The van der Waals surface area contributed by atoms with Crippen molar-refractivity contribution in [2.75, 3.05) is 20.3 Å². The molecule has 0 radical (unpaired) electrons. The summed E-state index contributed by atoms with van der Waals surface area (Å²) in [5.74, 6) is -0.214. The Morgan fingerprint density at radius 3 is 2.56 bits per heavy atom. The molecule has 1 aliphatic heterocycles. The van der Waals surface area contributed by atoms with Crippen molar-refractivity contribution in [3.63, 3.8) is 0 Å². The fourth-order valence-electron chi connectivity index (χ4n) is 2.73. The molecule has 18 heavy (non-hydrogen) atoms. The molecule has 0 N–H and O–H groups in total. The average Bonchev–Trinajstić information content (AvgIpc) is 2.33. The molecule has 1 fully saturated rings. The second-order valence-electron chi connectivity index (χ2n) is 5.11. The maximum absolute atomic E-state index is 12.1. The van der Waals surface area contributed by atoms with E-state index < -0.39 is 0 Å². The summed E-state index contributed by atoms with van der Waals surface area (Å²) < 4.78 is 10.3. The number of methoxy groups -OCH3 is 1. The molecular formula is C14H19NO3. The lowest BCUT2D eigenvalue weighted by Crippen LogP contribution is -2.57. The van der Waals surface area contributed by atoms with Crippen LogP contribution in [0.5, 0.6) is 0 Å². The van der Waals surface area contributed by atoms with Gasteiger partial charge in [0, 0.05) is 6.20 Å². The summed E-state index contributed by atoms with van der Waals surface area (Å²) in [5, 5.41) is 0. The van der Waals surface area contributed by atoms with Gasteiger partial charge in [-0.3, -0.25) is 9.78 Å². The molecule has 0 aromatic carbocycles. The Labute approximate surface area is 107 Å². The highest BCUT2D eigenvalue weighted by Gasteiger charge is 2.53. The molecule has 0 aliphatic carbocycles. The molecule has 0 saturated carbocycles. The van der Waals surface area contributed by atoms with Crippen molar-refractivity contribution in [2.45, 2.75) is 19.3 Å². The van der Waals surface area contributed by atoms with E-state index in [4.69, 9.17) is 9.47 Å². The molecule has 0 amide bonds. The highest BCUT2D eigenvalue weighted by molar-refractivity contribution is 5.75. The second-order valence-corrected chi connectivity index (χ2v) is 5.11. The lowest BCUT2D eigenvalue weighted by atomic mass is 9.66. The zero-order chi connectivity index (χ0) is 13.2. The first-order valence-electron chi connectivity index (χ1n) is 6.19. The molecule has 4 heteroatoms. The summed E-state index contributed by atoms with van der Waals surface area (Å²) in [6.45, 7) is 5.12. The van der Waals surface area contributed by atoms with E-state index >= 15 is 0 Å². The lowest BCUT2D eigenvalue weighted by Gasteiger charge is -2.46. The van der Waals surface area contributed by atoms with E-state index in [9.17, 15) is 4.79 Å².